The Labute approximate surface area is 123 Å². The highest BCUT2D eigenvalue weighted by atomic mass is 32.2. The van der Waals surface area contributed by atoms with E-state index in [4.69, 9.17) is 5.73 Å². The SMILES string of the molecule is Cc1cc(N)cc(S(=O)(=O)Nc2ccc(=O)n(C)c2)c1C. The van der Waals surface area contributed by atoms with Gasteiger partial charge in [-0.1, -0.05) is 0 Å². The van der Waals surface area contributed by atoms with Crippen LogP contribution >= 0.6 is 0 Å². The Kier molecular flexibility index (Phi) is 3.78. The lowest BCUT2D eigenvalue weighted by molar-refractivity contribution is 0.600. The Bertz CT molecular complexity index is 854. The van der Waals surface area contributed by atoms with Crippen LogP contribution in [-0.2, 0) is 17.1 Å². The zero-order valence-corrected chi connectivity index (χ0v) is 12.9. The zero-order chi connectivity index (χ0) is 15.8. The molecule has 0 spiro atoms. The van der Waals surface area contributed by atoms with Crippen molar-refractivity contribution >= 4 is 21.4 Å². The van der Waals surface area contributed by atoms with Crippen LogP contribution in [0.15, 0.2) is 40.2 Å². The number of nitrogens with two attached hydrogens (primary N) is 1. The quantitative estimate of drug-likeness (QED) is 0.838. The van der Waals surface area contributed by atoms with Gasteiger partial charge in [0, 0.05) is 25.0 Å². The summed E-state index contributed by atoms with van der Waals surface area (Å²) in [5, 5.41) is 0. The monoisotopic (exact) mass is 307 g/mol. The van der Waals surface area contributed by atoms with Crippen molar-refractivity contribution in [3.05, 3.63) is 51.9 Å². The van der Waals surface area contributed by atoms with Crippen molar-refractivity contribution in [1.82, 2.24) is 4.57 Å². The summed E-state index contributed by atoms with van der Waals surface area (Å²) in [5.74, 6) is 0. The lowest BCUT2D eigenvalue weighted by Gasteiger charge is -2.13. The second kappa shape index (κ2) is 5.25. The van der Waals surface area contributed by atoms with Crippen molar-refractivity contribution < 1.29 is 8.42 Å². The Morgan fingerprint density at radius 3 is 2.48 bits per heavy atom. The fourth-order valence-corrected chi connectivity index (χ4v) is 3.39. The third-order valence-electron chi connectivity index (χ3n) is 3.27. The maximum absolute atomic E-state index is 12.5. The highest BCUT2D eigenvalue weighted by Crippen LogP contribution is 2.24. The topological polar surface area (TPSA) is 94.2 Å². The number of nitrogens with one attached hydrogen (secondary N) is 1. The molecular formula is C14H17N3O3S. The first-order chi connectivity index (χ1) is 9.70. The van der Waals surface area contributed by atoms with Crippen LogP contribution in [0.25, 0.3) is 0 Å². The Morgan fingerprint density at radius 2 is 1.86 bits per heavy atom. The minimum absolute atomic E-state index is 0.133. The number of hydrogen-bond donors (Lipinski definition) is 2. The zero-order valence-electron chi connectivity index (χ0n) is 12.0. The summed E-state index contributed by atoms with van der Waals surface area (Å²) in [6, 6.07) is 5.87. The Hall–Kier alpha value is -2.28. The average Bonchev–Trinajstić information content (AvgIpc) is 2.37. The number of benzene rings is 1. The number of nitrogen functional groups attached to an aromatic ring is 1. The summed E-state index contributed by atoms with van der Waals surface area (Å²) in [4.78, 5) is 11.5. The van der Waals surface area contributed by atoms with Crippen molar-refractivity contribution in [2.75, 3.05) is 10.5 Å². The number of nitrogens with zero attached hydrogens (tertiary/aromatic N) is 1. The molecule has 0 aliphatic heterocycles. The summed E-state index contributed by atoms with van der Waals surface area (Å²) >= 11 is 0. The van der Waals surface area contributed by atoms with Crippen molar-refractivity contribution in [3.8, 4) is 0 Å². The lowest BCUT2D eigenvalue weighted by Crippen LogP contribution is -2.19. The van der Waals surface area contributed by atoms with E-state index in [0.717, 1.165) is 5.56 Å². The van der Waals surface area contributed by atoms with E-state index in [9.17, 15) is 13.2 Å². The van der Waals surface area contributed by atoms with E-state index in [2.05, 4.69) is 4.72 Å². The molecule has 2 rings (SSSR count). The molecule has 7 heteroatoms. The van der Waals surface area contributed by atoms with Gasteiger partial charge in [0.15, 0.2) is 0 Å². The van der Waals surface area contributed by atoms with E-state index in [1.807, 2.05) is 0 Å². The van der Waals surface area contributed by atoms with Gasteiger partial charge in [-0.05, 0) is 43.2 Å². The maximum atomic E-state index is 12.5. The second-order valence-corrected chi connectivity index (χ2v) is 6.58. The fourth-order valence-electron chi connectivity index (χ4n) is 2.00. The van der Waals surface area contributed by atoms with Crippen LogP contribution in [0, 0.1) is 13.8 Å². The van der Waals surface area contributed by atoms with E-state index in [1.54, 1.807) is 27.0 Å². The molecular weight excluding hydrogens is 290 g/mol. The molecule has 0 atom stereocenters. The third-order valence-corrected chi connectivity index (χ3v) is 4.78. The molecule has 0 aliphatic carbocycles. The summed E-state index contributed by atoms with van der Waals surface area (Å²) < 4.78 is 28.7. The van der Waals surface area contributed by atoms with Gasteiger partial charge in [0.25, 0.3) is 10.0 Å². The van der Waals surface area contributed by atoms with Gasteiger partial charge >= 0.3 is 0 Å². The molecule has 0 saturated carbocycles. The van der Waals surface area contributed by atoms with Crippen molar-refractivity contribution in [1.29, 1.82) is 0 Å². The fraction of sp³-hybridized carbons (Fsp3) is 0.214. The van der Waals surface area contributed by atoms with Gasteiger partial charge in [-0.3, -0.25) is 9.52 Å². The molecule has 1 aromatic carbocycles. The van der Waals surface area contributed by atoms with Gasteiger partial charge in [0.1, 0.15) is 0 Å². The van der Waals surface area contributed by atoms with Crippen LogP contribution in [0.5, 0.6) is 0 Å². The van der Waals surface area contributed by atoms with E-state index in [-0.39, 0.29) is 10.5 Å². The molecule has 0 unspecified atom stereocenters. The molecule has 0 saturated heterocycles. The van der Waals surface area contributed by atoms with Crippen LogP contribution < -0.4 is 16.0 Å². The highest BCUT2D eigenvalue weighted by Gasteiger charge is 2.19. The number of aromatic nitrogens is 1. The molecule has 0 aliphatic rings. The average molecular weight is 307 g/mol. The highest BCUT2D eigenvalue weighted by molar-refractivity contribution is 7.92. The number of sulfonamides is 1. The number of aryl methyl sites for hydroxylation is 2. The minimum atomic E-state index is -3.76. The van der Waals surface area contributed by atoms with Gasteiger partial charge in [-0.15, -0.1) is 0 Å². The summed E-state index contributed by atoms with van der Waals surface area (Å²) in [7, 11) is -2.21. The molecule has 1 aromatic heterocycles. The van der Waals surface area contributed by atoms with Crippen molar-refractivity contribution in [2.24, 2.45) is 7.05 Å². The van der Waals surface area contributed by atoms with E-state index in [0.29, 0.717) is 16.9 Å². The molecule has 2 aromatic rings. The van der Waals surface area contributed by atoms with E-state index < -0.39 is 10.0 Å². The summed E-state index contributed by atoms with van der Waals surface area (Å²) in [5.41, 5.74) is 7.66. The molecule has 0 bridgehead atoms. The first-order valence-corrected chi connectivity index (χ1v) is 7.75. The third kappa shape index (κ3) is 3.08. The van der Waals surface area contributed by atoms with Crippen molar-refractivity contribution in [3.63, 3.8) is 0 Å². The molecule has 0 amide bonds. The molecule has 21 heavy (non-hydrogen) atoms. The lowest BCUT2D eigenvalue weighted by atomic mass is 10.1. The van der Waals surface area contributed by atoms with Crippen LogP contribution in [0.1, 0.15) is 11.1 Å². The number of rotatable bonds is 3. The molecule has 0 fully saturated rings. The molecule has 3 N–H and O–H groups in total. The van der Waals surface area contributed by atoms with Crippen molar-refractivity contribution in [2.45, 2.75) is 18.7 Å². The first kappa shape index (κ1) is 15.1. The van der Waals surface area contributed by atoms with Gasteiger partial charge < -0.3 is 10.3 Å². The normalized spacial score (nSPS) is 11.4. The van der Waals surface area contributed by atoms with Crippen LogP contribution in [-0.4, -0.2) is 13.0 Å². The predicted octanol–water partition coefficient (Wildman–Crippen LogP) is 1.39. The predicted molar refractivity (Wildman–Crippen MR) is 82.8 cm³/mol. The Morgan fingerprint density at radius 1 is 1.19 bits per heavy atom. The smallest absolute Gasteiger partial charge is 0.262 e. The van der Waals surface area contributed by atoms with Gasteiger partial charge in [-0.25, -0.2) is 8.42 Å². The Balaban J connectivity index is 2.48. The van der Waals surface area contributed by atoms with Crippen LogP contribution in [0.4, 0.5) is 11.4 Å². The summed E-state index contributed by atoms with van der Waals surface area (Å²) in [6.45, 7) is 3.53. The standard InChI is InChI=1S/C14H17N3O3S/c1-9-6-11(15)7-13(10(9)2)21(19,20)16-12-4-5-14(18)17(3)8-12/h4-8,16H,15H2,1-3H3. The van der Waals surface area contributed by atoms with E-state index in [1.165, 1.54) is 29.0 Å². The first-order valence-electron chi connectivity index (χ1n) is 6.27. The molecule has 1 heterocycles. The molecule has 0 radical (unpaired) electrons. The van der Waals surface area contributed by atoms with Crippen LogP contribution in [0.2, 0.25) is 0 Å². The molecule has 6 nitrogen and oxygen atoms in total. The maximum Gasteiger partial charge on any atom is 0.262 e. The largest absolute Gasteiger partial charge is 0.399 e. The van der Waals surface area contributed by atoms with Crippen LogP contribution in [0.3, 0.4) is 0 Å². The number of pyridine rings is 1. The number of hydrogen-bond acceptors (Lipinski definition) is 4. The number of anilines is 2. The van der Waals surface area contributed by atoms with Gasteiger partial charge in [-0.2, -0.15) is 0 Å². The van der Waals surface area contributed by atoms with Gasteiger partial charge in [0.2, 0.25) is 5.56 Å². The summed E-state index contributed by atoms with van der Waals surface area (Å²) in [6.07, 6.45) is 1.42. The minimum Gasteiger partial charge on any atom is -0.399 e. The van der Waals surface area contributed by atoms with Gasteiger partial charge in [0.05, 0.1) is 10.6 Å². The van der Waals surface area contributed by atoms with E-state index >= 15 is 0 Å². The molecule has 112 valence electrons. The second-order valence-electron chi connectivity index (χ2n) is 4.93.